The fourth-order valence-electron chi connectivity index (χ4n) is 3.52. The molecule has 2 N–H and O–H groups in total. The number of rotatable bonds is 5. The smallest absolute Gasteiger partial charge is 0.270 e. The zero-order chi connectivity index (χ0) is 18.1. The predicted octanol–water partition coefficient (Wildman–Crippen LogP) is 2.30. The summed E-state index contributed by atoms with van der Waals surface area (Å²) in [4.78, 5) is 18.9. The number of halogens is 1. The Labute approximate surface area is 151 Å². The number of hydrogen-bond acceptors (Lipinski definition) is 4. The number of carbonyl (C=O) groups excluding carboxylic acids is 1. The van der Waals surface area contributed by atoms with Gasteiger partial charge in [0, 0.05) is 30.5 Å². The number of aliphatic hydroxyl groups is 1. The third kappa shape index (κ3) is 3.55. The van der Waals surface area contributed by atoms with Crippen LogP contribution in [0.15, 0.2) is 42.6 Å². The summed E-state index contributed by atoms with van der Waals surface area (Å²) in [5, 5.41) is 12.7. The van der Waals surface area contributed by atoms with Crippen molar-refractivity contribution in [3.63, 3.8) is 0 Å². The lowest BCUT2D eigenvalue weighted by atomic mass is 10.0. The maximum absolute atomic E-state index is 13.9. The summed E-state index contributed by atoms with van der Waals surface area (Å²) in [5.74, 6) is -0.471. The second-order valence-corrected chi connectivity index (χ2v) is 7.29. The van der Waals surface area contributed by atoms with Crippen molar-refractivity contribution in [3.05, 3.63) is 59.7 Å². The van der Waals surface area contributed by atoms with Crippen LogP contribution >= 0.6 is 0 Å². The van der Waals surface area contributed by atoms with E-state index < -0.39 is 0 Å². The van der Waals surface area contributed by atoms with Crippen LogP contribution in [0.2, 0.25) is 0 Å². The Morgan fingerprint density at radius 1 is 1.35 bits per heavy atom. The second-order valence-electron chi connectivity index (χ2n) is 7.29. The fourth-order valence-corrected chi connectivity index (χ4v) is 3.52. The topological polar surface area (TPSA) is 65.5 Å². The predicted molar refractivity (Wildman–Crippen MR) is 96.6 cm³/mol. The van der Waals surface area contributed by atoms with Crippen LogP contribution in [0.25, 0.3) is 0 Å². The first kappa shape index (κ1) is 17.0. The van der Waals surface area contributed by atoms with Crippen molar-refractivity contribution in [2.75, 3.05) is 18.0 Å². The molecule has 136 valence electrons. The second kappa shape index (κ2) is 6.68. The molecule has 0 radical (unpaired) electrons. The van der Waals surface area contributed by atoms with Gasteiger partial charge in [0.25, 0.3) is 5.91 Å². The molecular formula is C20H22FN3O2. The minimum atomic E-state index is -0.374. The Bertz CT molecular complexity index is 822. The quantitative estimate of drug-likeness (QED) is 0.864. The van der Waals surface area contributed by atoms with Gasteiger partial charge in [-0.3, -0.25) is 9.78 Å². The van der Waals surface area contributed by atoms with E-state index in [0.29, 0.717) is 24.2 Å². The van der Waals surface area contributed by atoms with Gasteiger partial charge in [-0.05, 0) is 49.4 Å². The number of carbonyl (C=O) groups is 1. The molecule has 2 aromatic rings. The molecule has 5 nitrogen and oxygen atoms in total. The van der Waals surface area contributed by atoms with Gasteiger partial charge in [-0.1, -0.05) is 18.2 Å². The molecule has 2 heterocycles. The Kier molecular flexibility index (Phi) is 4.36. The number of aliphatic hydroxyl groups excluding tert-OH is 1. The maximum Gasteiger partial charge on any atom is 0.270 e. The molecule has 1 saturated heterocycles. The van der Waals surface area contributed by atoms with E-state index in [2.05, 4.69) is 15.2 Å². The van der Waals surface area contributed by atoms with Gasteiger partial charge in [0.2, 0.25) is 0 Å². The van der Waals surface area contributed by atoms with Crippen molar-refractivity contribution in [1.82, 2.24) is 10.3 Å². The number of nitrogens with zero attached hydrogens (tertiary/aromatic N) is 2. The number of aromatic nitrogens is 1. The monoisotopic (exact) mass is 355 g/mol. The Morgan fingerprint density at radius 2 is 2.15 bits per heavy atom. The van der Waals surface area contributed by atoms with Gasteiger partial charge >= 0.3 is 0 Å². The van der Waals surface area contributed by atoms with Crippen molar-refractivity contribution < 1.29 is 14.3 Å². The van der Waals surface area contributed by atoms with Crippen LogP contribution in [-0.4, -0.2) is 40.7 Å². The highest BCUT2D eigenvalue weighted by Crippen LogP contribution is 2.39. The van der Waals surface area contributed by atoms with Crippen molar-refractivity contribution in [3.8, 4) is 0 Å². The Hall–Kier alpha value is -2.47. The number of hydrogen-bond donors (Lipinski definition) is 2. The first-order valence-electron chi connectivity index (χ1n) is 9.00. The first-order chi connectivity index (χ1) is 12.5. The number of anilines is 1. The van der Waals surface area contributed by atoms with Crippen molar-refractivity contribution in [1.29, 1.82) is 0 Å². The van der Waals surface area contributed by atoms with E-state index in [9.17, 15) is 14.3 Å². The van der Waals surface area contributed by atoms with E-state index in [1.807, 2.05) is 12.1 Å². The van der Waals surface area contributed by atoms with E-state index in [1.54, 1.807) is 24.4 Å². The zero-order valence-electron chi connectivity index (χ0n) is 14.5. The average molecular weight is 355 g/mol. The molecule has 2 fully saturated rings. The summed E-state index contributed by atoms with van der Waals surface area (Å²) in [7, 11) is 0. The standard InChI is InChI=1S/C20H22FN3O2/c21-17-4-2-1-3-14(17)12-20(7-8-20)23-19(26)18-11-15(5-9-22-18)24-10-6-16(25)13-24/h1-5,9,11,16,25H,6-8,10,12-13H2,(H,23,26)/t16-/m0/s1. The highest BCUT2D eigenvalue weighted by Gasteiger charge is 2.44. The largest absolute Gasteiger partial charge is 0.391 e. The van der Waals surface area contributed by atoms with E-state index in [4.69, 9.17) is 0 Å². The van der Waals surface area contributed by atoms with Crippen LogP contribution in [0.1, 0.15) is 35.3 Å². The molecular weight excluding hydrogens is 333 g/mol. The van der Waals surface area contributed by atoms with E-state index in [0.717, 1.165) is 31.5 Å². The molecule has 1 aliphatic carbocycles. The van der Waals surface area contributed by atoms with Crippen molar-refractivity contribution in [2.45, 2.75) is 37.3 Å². The highest BCUT2D eigenvalue weighted by molar-refractivity contribution is 5.94. The van der Waals surface area contributed by atoms with Crippen LogP contribution in [-0.2, 0) is 6.42 Å². The van der Waals surface area contributed by atoms with E-state index >= 15 is 0 Å². The molecule has 4 rings (SSSR count). The van der Waals surface area contributed by atoms with Crippen LogP contribution in [0.4, 0.5) is 10.1 Å². The first-order valence-corrected chi connectivity index (χ1v) is 9.00. The molecule has 1 atom stereocenters. The normalized spacial score (nSPS) is 20.8. The summed E-state index contributed by atoms with van der Waals surface area (Å²) in [6.07, 6.45) is 4.19. The number of nitrogens with one attached hydrogen (secondary N) is 1. The fraction of sp³-hybridized carbons (Fsp3) is 0.400. The summed E-state index contributed by atoms with van der Waals surface area (Å²) in [6.45, 7) is 1.34. The van der Waals surface area contributed by atoms with Gasteiger partial charge in [0.1, 0.15) is 11.5 Å². The number of amides is 1. The maximum atomic E-state index is 13.9. The lowest BCUT2D eigenvalue weighted by molar-refractivity contribution is 0.0926. The molecule has 26 heavy (non-hydrogen) atoms. The molecule has 2 aliphatic rings. The molecule has 0 bridgehead atoms. The Balaban J connectivity index is 1.46. The minimum absolute atomic E-state index is 0.235. The van der Waals surface area contributed by atoms with Crippen LogP contribution in [0.3, 0.4) is 0 Å². The van der Waals surface area contributed by atoms with Crippen LogP contribution < -0.4 is 10.2 Å². The summed E-state index contributed by atoms with van der Waals surface area (Å²) in [6, 6.07) is 10.3. The van der Waals surface area contributed by atoms with Gasteiger partial charge in [-0.25, -0.2) is 4.39 Å². The van der Waals surface area contributed by atoms with Crippen molar-refractivity contribution in [2.24, 2.45) is 0 Å². The molecule has 6 heteroatoms. The molecule has 0 unspecified atom stereocenters. The van der Waals surface area contributed by atoms with Crippen LogP contribution in [0.5, 0.6) is 0 Å². The van der Waals surface area contributed by atoms with Gasteiger partial charge in [-0.2, -0.15) is 0 Å². The zero-order valence-corrected chi connectivity index (χ0v) is 14.5. The Morgan fingerprint density at radius 3 is 2.85 bits per heavy atom. The summed E-state index contributed by atoms with van der Waals surface area (Å²) in [5.41, 5.74) is 1.49. The summed E-state index contributed by atoms with van der Waals surface area (Å²) < 4.78 is 13.9. The molecule has 1 aromatic carbocycles. The third-order valence-corrected chi connectivity index (χ3v) is 5.22. The lowest BCUT2D eigenvalue weighted by Gasteiger charge is -2.20. The molecule has 1 aliphatic heterocycles. The van der Waals surface area contributed by atoms with Gasteiger partial charge in [0.15, 0.2) is 0 Å². The van der Waals surface area contributed by atoms with Gasteiger partial charge in [0.05, 0.1) is 6.10 Å². The van der Waals surface area contributed by atoms with E-state index in [-0.39, 0.29) is 23.4 Å². The number of pyridine rings is 1. The molecule has 0 spiro atoms. The van der Waals surface area contributed by atoms with Crippen molar-refractivity contribution >= 4 is 11.6 Å². The average Bonchev–Trinajstić information content (AvgIpc) is 3.25. The van der Waals surface area contributed by atoms with Gasteiger partial charge < -0.3 is 15.3 Å². The molecule has 1 aromatic heterocycles. The highest BCUT2D eigenvalue weighted by atomic mass is 19.1. The van der Waals surface area contributed by atoms with Gasteiger partial charge in [-0.15, -0.1) is 0 Å². The van der Waals surface area contributed by atoms with Crippen LogP contribution in [0, 0.1) is 5.82 Å². The number of benzene rings is 1. The number of β-amino-alcohol motifs (C(OH)–C–C–N with tert-alkyl or cyclic N) is 1. The minimum Gasteiger partial charge on any atom is -0.391 e. The molecule has 1 saturated carbocycles. The summed E-state index contributed by atoms with van der Waals surface area (Å²) >= 11 is 0. The van der Waals surface area contributed by atoms with E-state index in [1.165, 1.54) is 6.07 Å². The SMILES string of the molecule is O=C(NC1(Cc2ccccc2F)CC1)c1cc(N2CC[C@H](O)C2)ccn1. The third-order valence-electron chi connectivity index (χ3n) is 5.22. The molecule has 1 amide bonds. The lowest BCUT2D eigenvalue weighted by Crippen LogP contribution is -2.39.